The van der Waals surface area contributed by atoms with Gasteiger partial charge in [0.15, 0.2) is 5.16 Å². The van der Waals surface area contributed by atoms with E-state index in [9.17, 15) is 4.79 Å². The first-order valence-electron chi connectivity index (χ1n) is 8.52. The number of rotatable bonds is 6. The van der Waals surface area contributed by atoms with Gasteiger partial charge in [0, 0.05) is 10.5 Å². The summed E-state index contributed by atoms with van der Waals surface area (Å²) in [6.45, 7) is 0. The maximum absolute atomic E-state index is 12.7. The molecule has 0 spiro atoms. The molecule has 1 heterocycles. The number of aromatic amines is 1. The zero-order valence-corrected chi connectivity index (χ0v) is 16.4. The molecular weight excluding hydrogens is 410 g/mol. The third-order valence-electron chi connectivity index (χ3n) is 4.20. The molecule has 1 saturated carbocycles. The van der Waals surface area contributed by atoms with Crippen LogP contribution in [0.2, 0.25) is 0 Å². The summed E-state index contributed by atoms with van der Waals surface area (Å²) >= 11 is 4.90. The Hall–Kier alpha value is -2.05. The number of nitrogens with zero attached hydrogens (tertiary/aromatic N) is 1. The van der Waals surface area contributed by atoms with Crippen molar-refractivity contribution >= 4 is 33.6 Å². The Kier molecular flexibility index (Phi) is 5.13. The van der Waals surface area contributed by atoms with Crippen molar-refractivity contribution in [1.29, 1.82) is 0 Å². The fourth-order valence-corrected chi connectivity index (χ4v) is 3.89. The fourth-order valence-electron chi connectivity index (χ4n) is 2.66. The van der Waals surface area contributed by atoms with Crippen LogP contribution in [0.25, 0.3) is 11.3 Å². The van der Waals surface area contributed by atoms with E-state index in [1.807, 2.05) is 60.8 Å². The van der Waals surface area contributed by atoms with Crippen molar-refractivity contribution in [3.8, 4) is 11.3 Å². The van der Waals surface area contributed by atoms with Gasteiger partial charge in [-0.15, -0.1) is 0 Å². The maximum atomic E-state index is 12.7. The molecule has 0 radical (unpaired) electrons. The van der Waals surface area contributed by atoms with Crippen molar-refractivity contribution in [2.75, 3.05) is 0 Å². The number of imidazole rings is 1. The van der Waals surface area contributed by atoms with E-state index in [1.54, 1.807) is 0 Å². The number of carbonyl (C=O) groups excluding carboxylic acids is 1. The third-order valence-corrected chi connectivity index (χ3v) is 5.88. The van der Waals surface area contributed by atoms with E-state index in [-0.39, 0.29) is 11.2 Å². The molecular formula is C20H18BrN3OS. The number of carbonyl (C=O) groups is 1. The van der Waals surface area contributed by atoms with Crippen molar-refractivity contribution in [2.45, 2.75) is 29.3 Å². The van der Waals surface area contributed by atoms with Gasteiger partial charge in [-0.3, -0.25) is 4.79 Å². The second-order valence-corrected chi connectivity index (χ2v) is 8.31. The van der Waals surface area contributed by atoms with Gasteiger partial charge < -0.3 is 10.3 Å². The molecule has 132 valence electrons. The Morgan fingerprint density at radius 2 is 1.88 bits per heavy atom. The van der Waals surface area contributed by atoms with Gasteiger partial charge in [-0.2, -0.15) is 0 Å². The third kappa shape index (κ3) is 4.19. The topological polar surface area (TPSA) is 57.8 Å². The van der Waals surface area contributed by atoms with Crippen LogP contribution in [0.5, 0.6) is 0 Å². The van der Waals surface area contributed by atoms with Crippen molar-refractivity contribution in [3.63, 3.8) is 0 Å². The molecule has 1 amide bonds. The number of hydrogen-bond acceptors (Lipinski definition) is 3. The van der Waals surface area contributed by atoms with E-state index in [4.69, 9.17) is 0 Å². The van der Waals surface area contributed by atoms with E-state index >= 15 is 0 Å². The van der Waals surface area contributed by atoms with Crippen LogP contribution in [-0.2, 0) is 4.79 Å². The van der Waals surface area contributed by atoms with Gasteiger partial charge >= 0.3 is 0 Å². The lowest BCUT2D eigenvalue weighted by Crippen LogP contribution is -2.29. The van der Waals surface area contributed by atoms with Crippen LogP contribution >= 0.6 is 27.7 Å². The lowest BCUT2D eigenvalue weighted by Gasteiger charge is -2.15. The normalized spacial score (nSPS) is 14.8. The molecule has 0 aliphatic heterocycles. The first kappa shape index (κ1) is 17.4. The van der Waals surface area contributed by atoms with E-state index in [0.717, 1.165) is 39.3 Å². The Balaban J connectivity index is 1.55. The summed E-state index contributed by atoms with van der Waals surface area (Å²) in [7, 11) is 0. The molecule has 1 aliphatic rings. The first-order valence-corrected chi connectivity index (χ1v) is 10.2. The van der Waals surface area contributed by atoms with Crippen LogP contribution in [0.1, 0.15) is 23.7 Å². The molecule has 4 nitrogen and oxygen atoms in total. The Morgan fingerprint density at radius 3 is 2.58 bits per heavy atom. The molecule has 6 heteroatoms. The fraction of sp³-hybridized carbons (Fsp3) is 0.200. The summed E-state index contributed by atoms with van der Waals surface area (Å²) in [5.74, 6) is 0.0466. The Bertz CT molecular complexity index is 891. The van der Waals surface area contributed by atoms with Crippen LogP contribution in [0, 0.1) is 0 Å². The smallest absolute Gasteiger partial charge is 0.238 e. The first-order chi connectivity index (χ1) is 12.7. The monoisotopic (exact) mass is 427 g/mol. The number of halogens is 1. The highest BCUT2D eigenvalue weighted by molar-refractivity contribution is 9.10. The number of amides is 1. The number of benzene rings is 2. The number of hydrogen-bond donors (Lipinski definition) is 2. The lowest BCUT2D eigenvalue weighted by molar-refractivity contribution is -0.120. The maximum Gasteiger partial charge on any atom is 0.238 e. The van der Waals surface area contributed by atoms with Gasteiger partial charge in [-0.05, 0) is 36.1 Å². The molecule has 4 rings (SSSR count). The van der Waals surface area contributed by atoms with E-state index in [0.29, 0.717) is 6.04 Å². The number of nitrogens with one attached hydrogen (secondary N) is 2. The molecule has 3 aromatic rings. The molecule has 1 aliphatic carbocycles. The quantitative estimate of drug-likeness (QED) is 0.547. The number of thioether (sulfide) groups is 1. The zero-order valence-electron chi connectivity index (χ0n) is 14.0. The van der Waals surface area contributed by atoms with Crippen LogP contribution in [0.3, 0.4) is 0 Å². The van der Waals surface area contributed by atoms with Crippen molar-refractivity contribution < 1.29 is 4.79 Å². The molecule has 2 aromatic carbocycles. The van der Waals surface area contributed by atoms with Crippen LogP contribution in [0.4, 0.5) is 0 Å². The summed E-state index contributed by atoms with van der Waals surface area (Å²) < 4.78 is 1.04. The average molecular weight is 428 g/mol. The van der Waals surface area contributed by atoms with Gasteiger partial charge in [-0.25, -0.2) is 4.98 Å². The zero-order chi connectivity index (χ0) is 17.9. The van der Waals surface area contributed by atoms with Gasteiger partial charge in [0.05, 0.1) is 11.9 Å². The molecule has 1 fully saturated rings. The van der Waals surface area contributed by atoms with Gasteiger partial charge in [0.1, 0.15) is 5.25 Å². The van der Waals surface area contributed by atoms with Gasteiger partial charge in [0.25, 0.3) is 0 Å². The summed E-state index contributed by atoms with van der Waals surface area (Å²) in [6.07, 6.45) is 3.96. The van der Waals surface area contributed by atoms with E-state index in [2.05, 4.69) is 31.2 Å². The SMILES string of the molecule is O=C(NC1CC1)C(Sc1ncc(-c2ccc(Br)cc2)[nH]1)c1ccccc1. The lowest BCUT2D eigenvalue weighted by atomic mass is 10.1. The minimum Gasteiger partial charge on any atom is -0.352 e. The molecule has 1 atom stereocenters. The molecule has 26 heavy (non-hydrogen) atoms. The van der Waals surface area contributed by atoms with Crippen molar-refractivity contribution in [2.24, 2.45) is 0 Å². The minimum atomic E-state index is -0.319. The van der Waals surface area contributed by atoms with Crippen LogP contribution in [-0.4, -0.2) is 21.9 Å². The average Bonchev–Trinajstić information content (AvgIpc) is 3.35. The summed E-state index contributed by atoms with van der Waals surface area (Å²) in [6, 6.07) is 18.3. The molecule has 0 saturated heterocycles. The summed E-state index contributed by atoms with van der Waals surface area (Å²) in [5, 5.41) is 3.53. The Labute approximate surface area is 164 Å². The van der Waals surface area contributed by atoms with E-state index < -0.39 is 0 Å². The summed E-state index contributed by atoms with van der Waals surface area (Å²) in [5.41, 5.74) is 2.98. The highest BCUT2D eigenvalue weighted by Crippen LogP contribution is 2.35. The second-order valence-electron chi connectivity index (χ2n) is 6.30. The molecule has 0 bridgehead atoms. The highest BCUT2D eigenvalue weighted by atomic mass is 79.9. The van der Waals surface area contributed by atoms with Gasteiger partial charge in [-0.1, -0.05) is 70.2 Å². The predicted molar refractivity (Wildman–Crippen MR) is 108 cm³/mol. The van der Waals surface area contributed by atoms with E-state index in [1.165, 1.54) is 11.8 Å². The van der Waals surface area contributed by atoms with Gasteiger partial charge in [0.2, 0.25) is 5.91 Å². The molecule has 1 unspecified atom stereocenters. The highest BCUT2D eigenvalue weighted by Gasteiger charge is 2.29. The second kappa shape index (κ2) is 7.68. The number of H-pyrrole nitrogens is 1. The van der Waals surface area contributed by atoms with Crippen molar-refractivity contribution in [1.82, 2.24) is 15.3 Å². The standard InChI is InChI=1S/C20H18BrN3OS/c21-15-8-6-13(7-9-15)17-12-22-20(24-17)26-18(14-4-2-1-3-5-14)19(25)23-16-10-11-16/h1-9,12,16,18H,10-11H2,(H,22,24)(H,23,25). The predicted octanol–water partition coefficient (Wildman–Crippen LogP) is 4.95. The molecule has 2 N–H and O–H groups in total. The van der Waals surface area contributed by atoms with Crippen LogP contribution in [0.15, 0.2) is 70.4 Å². The molecule has 1 aromatic heterocycles. The minimum absolute atomic E-state index is 0.0466. The summed E-state index contributed by atoms with van der Waals surface area (Å²) in [4.78, 5) is 20.5. The van der Waals surface area contributed by atoms with Crippen LogP contribution < -0.4 is 5.32 Å². The largest absolute Gasteiger partial charge is 0.352 e. The Morgan fingerprint density at radius 1 is 1.15 bits per heavy atom. The number of aromatic nitrogens is 2. The van der Waals surface area contributed by atoms with Crippen molar-refractivity contribution in [3.05, 3.63) is 70.8 Å².